The summed E-state index contributed by atoms with van der Waals surface area (Å²) in [6.45, 7) is 0.538. The maximum absolute atomic E-state index is 4.22. The van der Waals surface area contributed by atoms with Crippen LogP contribution < -0.4 is 5.32 Å². The monoisotopic (exact) mass is 230 g/mol. The van der Waals surface area contributed by atoms with E-state index in [2.05, 4.69) is 30.7 Å². The molecule has 0 aromatic carbocycles. The Morgan fingerprint density at radius 2 is 2.12 bits per heavy atom. The number of aromatic nitrogens is 7. The summed E-state index contributed by atoms with van der Waals surface area (Å²) in [5.74, 6) is 1.50. The standard InChI is InChI=1S/C9H10N8/c1-16-5-12-14-7(16)4-11-8-9-15-13-6-17(9)3-2-10-8/h2-3,5-6H,4H2,1H3,(H,10,11). The van der Waals surface area contributed by atoms with Gasteiger partial charge in [0.25, 0.3) is 0 Å². The van der Waals surface area contributed by atoms with E-state index in [-0.39, 0.29) is 0 Å². The molecule has 8 heteroatoms. The highest BCUT2D eigenvalue weighted by Crippen LogP contribution is 2.10. The Labute approximate surface area is 96.3 Å². The lowest BCUT2D eigenvalue weighted by Gasteiger charge is -2.05. The Bertz CT molecular complexity index is 639. The minimum atomic E-state index is 0.538. The number of hydrogen-bond acceptors (Lipinski definition) is 6. The molecular weight excluding hydrogens is 220 g/mol. The van der Waals surface area contributed by atoms with Gasteiger partial charge in [-0.05, 0) is 0 Å². The quantitative estimate of drug-likeness (QED) is 0.674. The molecule has 0 saturated heterocycles. The molecule has 17 heavy (non-hydrogen) atoms. The molecule has 0 saturated carbocycles. The van der Waals surface area contributed by atoms with Crippen LogP contribution in [0.4, 0.5) is 5.82 Å². The zero-order valence-corrected chi connectivity index (χ0v) is 9.15. The van der Waals surface area contributed by atoms with Gasteiger partial charge in [0, 0.05) is 19.4 Å². The van der Waals surface area contributed by atoms with Crippen LogP contribution in [0.25, 0.3) is 5.65 Å². The van der Waals surface area contributed by atoms with Gasteiger partial charge in [-0.2, -0.15) is 0 Å². The summed E-state index contributed by atoms with van der Waals surface area (Å²) in [5, 5.41) is 18.8. The van der Waals surface area contributed by atoms with Gasteiger partial charge >= 0.3 is 0 Å². The summed E-state index contributed by atoms with van der Waals surface area (Å²) in [6.07, 6.45) is 6.77. The molecule has 3 rings (SSSR count). The fraction of sp³-hybridized carbons (Fsp3) is 0.222. The summed E-state index contributed by atoms with van der Waals surface area (Å²) in [7, 11) is 1.89. The fourth-order valence-corrected chi connectivity index (χ4v) is 1.51. The topological polar surface area (TPSA) is 85.8 Å². The van der Waals surface area contributed by atoms with Crippen LogP contribution in [0.1, 0.15) is 5.82 Å². The molecule has 0 aliphatic heterocycles. The number of hydrogen-bond donors (Lipinski definition) is 1. The molecule has 1 N–H and O–H groups in total. The normalized spacial score (nSPS) is 10.9. The first kappa shape index (κ1) is 9.70. The second-order valence-electron chi connectivity index (χ2n) is 3.55. The van der Waals surface area contributed by atoms with E-state index in [0.29, 0.717) is 18.0 Å². The van der Waals surface area contributed by atoms with Crippen molar-refractivity contribution < 1.29 is 0 Å². The molecule has 0 unspecified atom stereocenters. The number of fused-ring (bicyclic) bond motifs is 1. The highest BCUT2D eigenvalue weighted by atomic mass is 15.3. The summed E-state index contributed by atoms with van der Waals surface area (Å²) < 4.78 is 3.64. The second-order valence-corrected chi connectivity index (χ2v) is 3.55. The van der Waals surface area contributed by atoms with E-state index in [1.165, 1.54) is 0 Å². The zero-order chi connectivity index (χ0) is 11.7. The van der Waals surface area contributed by atoms with Crippen molar-refractivity contribution in [3.8, 4) is 0 Å². The largest absolute Gasteiger partial charge is 0.360 e. The lowest BCUT2D eigenvalue weighted by atomic mass is 10.5. The van der Waals surface area contributed by atoms with Crippen molar-refractivity contribution in [2.45, 2.75) is 6.54 Å². The highest BCUT2D eigenvalue weighted by Gasteiger charge is 2.06. The van der Waals surface area contributed by atoms with Gasteiger partial charge in [-0.1, -0.05) is 0 Å². The van der Waals surface area contributed by atoms with E-state index in [1.54, 1.807) is 29.4 Å². The number of aryl methyl sites for hydroxylation is 1. The third kappa shape index (κ3) is 1.69. The molecule has 0 spiro atoms. The number of nitrogens with zero attached hydrogens (tertiary/aromatic N) is 7. The van der Waals surface area contributed by atoms with Crippen LogP contribution in [0.15, 0.2) is 25.0 Å². The maximum Gasteiger partial charge on any atom is 0.203 e. The minimum absolute atomic E-state index is 0.538. The second kappa shape index (κ2) is 3.81. The van der Waals surface area contributed by atoms with E-state index >= 15 is 0 Å². The van der Waals surface area contributed by atoms with Crippen LogP contribution in [0.2, 0.25) is 0 Å². The van der Waals surface area contributed by atoms with Crippen molar-refractivity contribution >= 4 is 11.5 Å². The Hall–Kier alpha value is -2.51. The van der Waals surface area contributed by atoms with Gasteiger partial charge in [0.05, 0.1) is 6.54 Å². The van der Waals surface area contributed by atoms with E-state index in [0.717, 1.165) is 5.82 Å². The van der Waals surface area contributed by atoms with E-state index in [9.17, 15) is 0 Å². The molecule has 0 bridgehead atoms. The lowest BCUT2D eigenvalue weighted by molar-refractivity contribution is 0.810. The fourth-order valence-electron chi connectivity index (χ4n) is 1.51. The Morgan fingerprint density at radius 3 is 2.94 bits per heavy atom. The molecule has 0 atom stereocenters. The predicted octanol–water partition coefficient (Wildman–Crippen LogP) is -0.135. The Balaban J connectivity index is 1.86. The summed E-state index contributed by atoms with van der Waals surface area (Å²) in [5.41, 5.74) is 0.690. The molecule has 0 aliphatic rings. The molecule has 8 nitrogen and oxygen atoms in total. The number of rotatable bonds is 3. The summed E-state index contributed by atoms with van der Waals surface area (Å²) in [4.78, 5) is 4.22. The van der Waals surface area contributed by atoms with Gasteiger partial charge in [-0.3, -0.25) is 4.40 Å². The van der Waals surface area contributed by atoms with E-state index in [1.807, 2.05) is 11.6 Å². The summed E-state index contributed by atoms with van der Waals surface area (Å²) >= 11 is 0. The van der Waals surface area contributed by atoms with Crippen LogP contribution in [0, 0.1) is 0 Å². The Kier molecular flexibility index (Phi) is 2.18. The molecule has 0 radical (unpaired) electrons. The van der Waals surface area contributed by atoms with E-state index in [4.69, 9.17) is 0 Å². The van der Waals surface area contributed by atoms with E-state index < -0.39 is 0 Å². The van der Waals surface area contributed by atoms with Crippen molar-refractivity contribution in [2.75, 3.05) is 5.32 Å². The zero-order valence-electron chi connectivity index (χ0n) is 9.15. The predicted molar refractivity (Wildman–Crippen MR) is 59.1 cm³/mol. The molecule has 0 fully saturated rings. The molecule has 3 heterocycles. The first-order chi connectivity index (χ1) is 8.34. The number of nitrogens with one attached hydrogen (secondary N) is 1. The SMILES string of the molecule is Cn1cnnc1CNc1nccn2cnnc12. The first-order valence-corrected chi connectivity index (χ1v) is 5.05. The molecule has 3 aromatic heterocycles. The highest BCUT2D eigenvalue weighted by molar-refractivity contribution is 5.61. The number of anilines is 1. The first-order valence-electron chi connectivity index (χ1n) is 5.05. The minimum Gasteiger partial charge on any atom is -0.360 e. The average molecular weight is 230 g/mol. The van der Waals surface area contributed by atoms with Crippen LogP contribution in [-0.2, 0) is 13.6 Å². The van der Waals surface area contributed by atoms with Crippen LogP contribution in [-0.4, -0.2) is 34.3 Å². The van der Waals surface area contributed by atoms with Crippen LogP contribution >= 0.6 is 0 Å². The van der Waals surface area contributed by atoms with Crippen molar-refractivity contribution in [3.05, 3.63) is 30.9 Å². The van der Waals surface area contributed by atoms with Gasteiger partial charge < -0.3 is 9.88 Å². The van der Waals surface area contributed by atoms with Crippen molar-refractivity contribution in [3.63, 3.8) is 0 Å². The van der Waals surface area contributed by atoms with Crippen LogP contribution in [0.3, 0.4) is 0 Å². The molecule has 0 amide bonds. The third-order valence-corrected chi connectivity index (χ3v) is 2.43. The van der Waals surface area contributed by atoms with Gasteiger partial charge in [-0.15, -0.1) is 20.4 Å². The molecule has 3 aromatic rings. The maximum atomic E-state index is 4.22. The molecule has 86 valence electrons. The van der Waals surface area contributed by atoms with Crippen LogP contribution in [0.5, 0.6) is 0 Å². The lowest BCUT2D eigenvalue weighted by Crippen LogP contribution is -2.08. The smallest absolute Gasteiger partial charge is 0.203 e. The third-order valence-electron chi connectivity index (χ3n) is 2.43. The molecule has 0 aliphatic carbocycles. The van der Waals surface area contributed by atoms with Crippen molar-refractivity contribution in [1.82, 2.24) is 34.3 Å². The van der Waals surface area contributed by atoms with Crippen molar-refractivity contribution in [1.29, 1.82) is 0 Å². The molecular formula is C9H10N8. The Morgan fingerprint density at radius 1 is 1.24 bits per heavy atom. The average Bonchev–Trinajstić information content (AvgIpc) is 2.95. The summed E-state index contributed by atoms with van der Waals surface area (Å²) in [6, 6.07) is 0. The van der Waals surface area contributed by atoms with Gasteiger partial charge in [0.15, 0.2) is 11.6 Å². The van der Waals surface area contributed by atoms with Gasteiger partial charge in [0.1, 0.15) is 12.7 Å². The van der Waals surface area contributed by atoms with Crippen molar-refractivity contribution in [2.24, 2.45) is 7.05 Å². The van der Waals surface area contributed by atoms with Gasteiger partial charge in [0.2, 0.25) is 5.65 Å². The van der Waals surface area contributed by atoms with Gasteiger partial charge in [-0.25, -0.2) is 4.98 Å².